The Bertz CT molecular complexity index is 1150. The minimum atomic E-state index is -1.22. The van der Waals surface area contributed by atoms with Crippen molar-refractivity contribution in [3.05, 3.63) is 15.3 Å². The number of alkyl carbamates (subject to hydrolysis) is 1. The first-order valence-corrected chi connectivity index (χ1v) is 18.0. The fourth-order valence-electron chi connectivity index (χ4n) is 4.17. The molecule has 0 atom stereocenters. The molecule has 1 aliphatic heterocycles. The van der Waals surface area contributed by atoms with Gasteiger partial charge in [0.25, 0.3) is 0 Å². The molecule has 1 N–H and O–H groups in total. The number of anilines is 1. The molecule has 0 unspecified atom stereocenters. The lowest BCUT2D eigenvalue weighted by molar-refractivity contribution is 0.0446. The number of pyridine rings is 1. The molecule has 38 heavy (non-hydrogen) atoms. The Hall–Kier alpha value is -1.93. The Labute approximate surface area is 240 Å². The van der Waals surface area contributed by atoms with Crippen molar-refractivity contribution in [1.82, 2.24) is 20.1 Å². The highest BCUT2D eigenvalue weighted by Gasteiger charge is 2.34. The molecule has 0 aromatic carbocycles. The molecule has 3 rings (SSSR count). The van der Waals surface area contributed by atoms with Crippen molar-refractivity contribution in [2.24, 2.45) is 0 Å². The molecule has 0 radical (unpaired) electrons. The summed E-state index contributed by atoms with van der Waals surface area (Å²) in [5.41, 5.74) is 0.102. The van der Waals surface area contributed by atoms with E-state index in [1.807, 2.05) is 27.7 Å². The Morgan fingerprint density at radius 2 is 1.87 bits per heavy atom. The van der Waals surface area contributed by atoms with Crippen LogP contribution in [-0.2, 0) is 20.9 Å². The number of piperidine rings is 1. The molecule has 1 amide bonds. The number of fused-ring (bicyclic) bond motifs is 1. The lowest BCUT2D eigenvalue weighted by atomic mass is 9.89. The maximum atomic E-state index is 13.0. The van der Waals surface area contributed by atoms with Crippen molar-refractivity contribution < 1.29 is 23.8 Å². The molecule has 212 valence electrons. The van der Waals surface area contributed by atoms with Gasteiger partial charge in [-0.1, -0.05) is 19.6 Å². The highest BCUT2D eigenvalue weighted by Crippen LogP contribution is 2.31. The number of ether oxygens (including phenoxy) is 3. The van der Waals surface area contributed by atoms with E-state index in [4.69, 9.17) is 19.2 Å². The van der Waals surface area contributed by atoms with E-state index in [-0.39, 0.29) is 13.3 Å². The summed E-state index contributed by atoms with van der Waals surface area (Å²) in [6.07, 6.45) is 0.999. The molecule has 0 spiro atoms. The molecule has 1 aliphatic rings. The third-order valence-corrected chi connectivity index (χ3v) is 8.80. The van der Waals surface area contributed by atoms with Crippen LogP contribution in [0.3, 0.4) is 0 Å². The van der Waals surface area contributed by atoms with Crippen LogP contribution in [0.25, 0.3) is 11.0 Å². The number of halogens is 1. The first-order chi connectivity index (χ1) is 17.6. The largest absolute Gasteiger partial charge is 0.462 e. The van der Waals surface area contributed by atoms with E-state index in [0.717, 1.165) is 6.04 Å². The number of esters is 1. The molecule has 2 aromatic rings. The first-order valence-electron chi connectivity index (χ1n) is 13.2. The van der Waals surface area contributed by atoms with Crippen LogP contribution in [0.2, 0.25) is 25.7 Å². The van der Waals surface area contributed by atoms with Gasteiger partial charge in [-0.05, 0) is 82.2 Å². The monoisotopic (exact) mass is 659 g/mol. The van der Waals surface area contributed by atoms with Gasteiger partial charge in [0.2, 0.25) is 0 Å². The lowest BCUT2D eigenvalue weighted by Gasteiger charge is -2.40. The van der Waals surface area contributed by atoms with E-state index in [0.29, 0.717) is 58.7 Å². The third kappa shape index (κ3) is 8.28. The van der Waals surface area contributed by atoms with Gasteiger partial charge in [-0.3, -0.25) is 0 Å². The molecule has 0 bridgehead atoms. The number of amides is 1. The van der Waals surface area contributed by atoms with Crippen LogP contribution in [0.1, 0.15) is 57.8 Å². The average Bonchev–Trinajstić information content (AvgIpc) is 3.10. The Morgan fingerprint density at radius 3 is 2.45 bits per heavy atom. The Morgan fingerprint density at radius 1 is 1.21 bits per heavy atom. The van der Waals surface area contributed by atoms with Gasteiger partial charge >= 0.3 is 12.1 Å². The second-order valence-electron chi connectivity index (χ2n) is 12.3. The SMILES string of the molecule is CCOC(=O)c1cc(N2CCC(C)(NC(=O)OC(C)(C)C)CC2)nc2c1c(I)nn2COCC[Si](C)(C)C. The van der Waals surface area contributed by atoms with Gasteiger partial charge in [-0.15, -0.1) is 0 Å². The molecular formula is C26H42IN5O5Si. The zero-order valence-electron chi connectivity index (χ0n) is 23.9. The highest BCUT2D eigenvalue weighted by atomic mass is 127. The van der Waals surface area contributed by atoms with Crippen molar-refractivity contribution >= 4 is 59.6 Å². The topological polar surface area (TPSA) is 108 Å². The van der Waals surface area contributed by atoms with Gasteiger partial charge in [0.05, 0.1) is 17.6 Å². The van der Waals surface area contributed by atoms with Crippen LogP contribution in [0.15, 0.2) is 6.07 Å². The number of nitrogens with one attached hydrogen (secondary N) is 1. The predicted octanol–water partition coefficient (Wildman–Crippen LogP) is 5.41. The van der Waals surface area contributed by atoms with E-state index in [1.165, 1.54) is 0 Å². The van der Waals surface area contributed by atoms with Crippen molar-refractivity contribution in [3.63, 3.8) is 0 Å². The van der Waals surface area contributed by atoms with E-state index in [1.54, 1.807) is 17.7 Å². The summed E-state index contributed by atoms with van der Waals surface area (Å²) in [4.78, 5) is 32.4. The van der Waals surface area contributed by atoms with Crippen molar-refractivity contribution in [3.8, 4) is 0 Å². The quantitative estimate of drug-likeness (QED) is 0.165. The molecule has 0 saturated carbocycles. The number of carbonyl (C=O) groups excluding carboxylic acids is 2. The second kappa shape index (κ2) is 12.1. The fourth-order valence-corrected chi connectivity index (χ4v) is 5.72. The van der Waals surface area contributed by atoms with Crippen molar-refractivity contribution in [2.75, 3.05) is 31.2 Å². The molecule has 1 saturated heterocycles. The second-order valence-corrected chi connectivity index (χ2v) is 18.9. The lowest BCUT2D eigenvalue weighted by Crippen LogP contribution is -2.54. The van der Waals surface area contributed by atoms with E-state index in [9.17, 15) is 9.59 Å². The summed E-state index contributed by atoms with van der Waals surface area (Å²) >= 11 is 2.14. The number of hydrogen-bond donors (Lipinski definition) is 1. The maximum absolute atomic E-state index is 13.0. The highest BCUT2D eigenvalue weighted by molar-refractivity contribution is 14.1. The van der Waals surface area contributed by atoms with Gasteiger partial charge in [0.15, 0.2) is 5.65 Å². The summed E-state index contributed by atoms with van der Waals surface area (Å²) in [5.74, 6) is 0.284. The zero-order chi connectivity index (χ0) is 28.3. The number of hydrogen-bond acceptors (Lipinski definition) is 8. The van der Waals surface area contributed by atoms with Crippen LogP contribution in [0, 0.1) is 3.70 Å². The van der Waals surface area contributed by atoms with E-state index in [2.05, 4.69) is 57.5 Å². The summed E-state index contributed by atoms with van der Waals surface area (Å²) in [7, 11) is -1.22. The molecule has 1 fully saturated rings. The molecular weight excluding hydrogens is 617 g/mol. The number of aromatic nitrogens is 3. The third-order valence-electron chi connectivity index (χ3n) is 6.35. The average molecular weight is 660 g/mol. The van der Waals surface area contributed by atoms with Crippen LogP contribution in [0.4, 0.5) is 10.6 Å². The van der Waals surface area contributed by atoms with Gasteiger partial charge in [0, 0.05) is 33.3 Å². The van der Waals surface area contributed by atoms with Gasteiger partial charge in [-0.25, -0.2) is 19.3 Å². The first kappa shape index (κ1) is 30.6. The van der Waals surface area contributed by atoms with Gasteiger partial charge < -0.3 is 24.4 Å². The normalized spacial score (nSPS) is 16.0. The smallest absolute Gasteiger partial charge is 0.408 e. The molecule has 2 aromatic heterocycles. The summed E-state index contributed by atoms with van der Waals surface area (Å²) in [6.45, 7) is 18.8. The maximum Gasteiger partial charge on any atom is 0.408 e. The molecule has 12 heteroatoms. The summed E-state index contributed by atoms with van der Waals surface area (Å²) in [6, 6.07) is 2.85. The van der Waals surface area contributed by atoms with Crippen LogP contribution >= 0.6 is 22.6 Å². The van der Waals surface area contributed by atoms with E-state index >= 15 is 0 Å². The van der Waals surface area contributed by atoms with Crippen LogP contribution in [0.5, 0.6) is 0 Å². The number of rotatable bonds is 9. The molecule has 10 nitrogen and oxygen atoms in total. The van der Waals surface area contributed by atoms with Gasteiger partial charge in [-0.2, -0.15) is 5.10 Å². The van der Waals surface area contributed by atoms with Gasteiger partial charge in [0.1, 0.15) is 21.9 Å². The van der Waals surface area contributed by atoms with Crippen LogP contribution < -0.4 is 10.2 Å². The zero-order valence-corrected chi connectivity index (χ0v) is 27.1. The van der Waals surface area contributed by atoms with Crippen molar-refractivity contribution in [2.45, 2.75) is 91.0 Å². The summed E-state index contributed by atoms with van der Waals surface area (Å²) < 4.78 is 19.2. The Balaban J connectivity index is 1.84. The molecule has 3 heterocycles. The van der Waals surface area contributed by atoms with E-state index < -0.39 is 31.3 Å². The van der Waals surface area contributed by atoms with Crippen molar-refractivity contribution in [1.29, 1.82) is 0 Å². The predicted molar refractivity (Wildman–Crippen MR) is 160 cm³/mol. The minimum Gasteiger partial charge on any atom is -0.462 e. The molecule has 0 aliphatic carbocycles. The van der Waals surface area contributed by atoms with Crippen LogP contribution in [-0.4, -0.2) is 72.3 Å². The number of carbonyl (C=O) groups is 2. The minimum absolute atomic E-state index is 0.264. The number of nitrogens with zero attached hydrogens (tertiary/aromatic N) is 4. The Kier molecular flexibility index (Phi) is 9.72. The summed E-state index contributed by atoms with van der Waals surface area (Å²) in [5, 5.41) is 8.35. The standard InChI is InChI=1S/C26H42IN5O5Si/c1-9-36-23(33)18-16-19(31-12-10-26(5,11-13-31)29-24(34)37-25(2,3)4)28-22-20(18)21(27)30-32(22)17-35-14-15-38(6,7)8/h16H,9-15,17H2,1-8H3,(H,29,34). The fraction of sp³-hybridized carbons (Fsp3) is 0.692.